The van der Waals surface area contributed by atoms with Crippen LogP contribution in [0.2, 0.25) is 0 Å². The summed E-state index contributed by atoms with van der Waals surface area (Å²) in [5.41, 5.74) is 1.77. The van der Waals surface area contributed by atoms with E-state index in [1.54, 1.807) is 7.11 Å². The van der Waals surface area contributed by atoms with Crippen LogP contribution in [0.25, 0.3) is 11.4 Å². The van der Waals surface area contributed by atoms with Crippen LogP contribution in [0, 0.1) is 6.92 Å². The fourth-order valence-electron chi connectivity index (χ4n) is 2.63. The molecule has 1 aromatic heterocycles. The van der Waals surface area contributed by atoms with E-state index >= 15 is 0 Å². The largest absolute Gasteiger partial charge is 0.497 e. The number of methoxy groups -OCH3 is 1. The summed E-state index contributed by atoms with van der Waals surface area (Å²) in [4.78, 5) is 17.2. The molecule has 1 heterocycles. The average Bonchev–Trinajstić information content (AvgIpc) is 3.08. The van der Waals surface area contributed by atoms with Gasteiger partial charge in [-0.1, -0.05) is 24.3 Å². The van der Waals surface area contributed by atoms with Crippen LogP contribution >= 0.6 is 0 Å². The minimum absolute atomic E-state index is 0.0917. The van der Waals surface area contributed by atoms with Gasteiger partial charge in [-0.15, -0.1) is 0 Å². The van der Waals surface area contributed by atoms with E-state index in [1.165, 1.54) is 0 Å². The highest BCUT2D eigenvalue weighted by Crippen LogP contribution is 2.28. The summed E-state index contributed by atoms with van der Waals surface area (Å²) >= 11 is 0. The van der Waals surface area contributed by atoms with E-state index < -0.39 is 5.41 Å². The van der Waals surface area contributed by atoms with Gasteiger partial charge < -0.3 is 10.1 Å². The summed E-state index contributed by atoms with van der Waals surface area (Å²) in [5.74, 6) is 2.02. The second-order valence-electron chi connectivity index (χ2n) is 6.63. The summed E-state index contributed by atoms with van der Waals surface area (Å²) in [6.07, 6.45) is 0. The molecule has 1 amide bonds. The molecule has 6 heteroatoms. The predicted molar refractivity (Wildman–Crippen MR) is 101 cm³/mol. The van der Waals surface area contributed by atoms with Crippen LogP contribution in [0.4, 0.5) is 5.69 Å². The number of aromatic nitrogens is 3. The van der Waals surface area contributed by atoms with Gasteiger partial charge in [0.2, 0.25) is 5.91 Å². The van der Waals surface area contributed by atoms with Crippen LogP contribution in [-0.2, 0) is 10.2 Å². The Morgan fingerprint density at radius 2 is 1.88 bits per heavy atom. The number of H-pyrrole nitrogens is 1. The molecular weight excluding hydrogens is 328 g/mol. The molecule has 134 valence electrons. The zero-order valence-corrected chi connectivity index (χ0v) is 15.3. The molecule has 0 spiro atoms. The van der Waals surface area contributed by atoms with Gasteiger partial charge in [0.15, 0.2) is 5.82 Å². The lowest BCUT2D eigenvalue weighted by atomic mass is 9.83. The quantitative estimate of drug-likeness (QED) is 0.735. The molecule has 2 N–H and O–H groups in total. The van der Waals surface area contributed by atoms with Gasteiger partial charge in [-0.2, -0.15) is 5.10 Å². The molecule has 0 aliphatic heterocycles. The van der Waals surface area contributed by atoms with E-state index in [9.17, 15) is 4.79 Å². The van der Waals surface area contributed by atoms with Gasteiger partial charge in [0.05, 0.1) is 12.5 Å². The molecule has 0 aliphatic carbocycles. The fourth-order valence-corrected chi connectivity index (χ4v) is 2.63. The fraction of sp³-hybridized carbons (Fsp3) is 0.250. The Kier molecular flexibility index (Phi) is 4.75. The Morgan fingerprint density at radius 3 is 2.50 bits per heavy atom. The van der Waals surface area contributed by atoms with E-state index in [1.807, 2.05) is 69.3 Å². The number of carbonyl (C=O) groups excluding carboxylic acids is 1. The van der Waals surface area contributed by atoms with Crippen molar-refractivity contribution < 1.29 is 9.53 Å². The van der Waals surface area contributed by atoms with Crippen molar-refractivity contribution in [2.75, 3.05) is 12.4 Å². The number of carbonyl (C=O) groups is 1. The van der Waals surface area contributed by atoms with Crippen molar-refractivity contribution in [2.45, 2.75) is 26.2 Å². The second-order valence-corrected chi connectivity index (χ2v) is 6.63. The zero-order chi connectivity index (χ0) is 18.7. The lowest BCUT2D eigenvalue weighted by molar-refractivity contribution is -0.120. The molecule has 0 radical (unpaired) electrons. The number of benzene rings is 2. The SMILES string of the molecule is COc1ccc(C(C)(C)C(=O)Nc2cccc(-c3n[nH]c(C)n3)c2)cc1. The summed E-state index contributed by atoms with van der Waals surface area (Å²) in [6, 6.07) is 15.0. The standard InChI is InChI=1S/C20H22N4O2/c1-13-21-18(24-23-13)14-6-5-7-16(12-14)22-19(25)20(2,3)15-8-10-17(26-4)11-9-15/h5-12H,1-4H3,(H,22,25)(H,21,23,24). The van der Waals surface area contributed by atoms with E-state index in [4.69, 9.17) is 4.74 Å². The number of rotatable bonds is 5. The van der Waals surface area contributed by atoms with Crippen molar-refractivity contribution in [3.63, 3.8) is 0 Å². The average molecular weight is 350 g/mol. The van der Waals surface area contributed by atoms with Crippen molar-refractivity contribution in [1.82, 2.24) is 15.2 Å². The third-order valence-electron chi connectivity index (χ3n) is 4.36. The first-order valence-corrected chi connectivity index (χ1v) is 8.35. The lowest BCUT2D eigenvalue weighted by Gasteiger charge is -2.24. The monoisotopic (exact) mass is 350 g/mol. The van der Waals surface area contributed by atoms with Gasteiger partial charge in [-0.25, -0.2) is 4.98 Å². The molecule has 26 heavy (non-hydrogen) atoms. The number of hydrogen-bond acceptors (Lipinski definition) is 4. The van der Waals surface area contributed by atoms with Crippen LogP contribution in [-0.4, -0.2) is 28.2 Å². The number of aryl methyl sites for hydroxylation is 1. The highest BCUT2D eigenvalue weighted by molar-refractivity contribution is 5.98. The van der Waals surface area contributed by atoms with Gasteiger partial charge in [-0.3, -0.25) is 9.89 Å². The third kappa shape index (κ3) is 3.59. The topological polar surface area (TPSA) is 79.9 Å². The Labute approximate surface area is 152 Å². The van der Waals surface area contributed by atoms with Crippen molar-refractivity contribution in [2.24, 2.45) is 0 Å². The smallest absolute Gasteiger partial charge is 0.234 e. The minimum Gasteiger partial charge on any atom is -0.497 e. The molecule has 0 atom stereocenters. The molecule has 2 aromatic carbocycles. The van der Waals surface area contributed by atoms with E-state index in [2.05, 4.69) is 20.5 Å². The highest BCUT2D eigenvalue weighted by Gasteiger charge is 2.30. The zero-order valence-electron chi connectivity index (χ0n) is 15.3. The first-order valence-electron chi connectivity index (χ1n) is 8.35. The third-order valence-corrected chi connectivity index (χ3v) is 4.36. The number of anilines is 1. The first kappa shape index (κ1) is 17.7. The van der Waals surface area contributed by atoms with Crippen molar-refractivity contribution in [3.05, 3.63) is 59.9 Å². The van der Waals surface area contributed by atoms with Gasteiger partial charge in [0, 0.05) is 11.3 Å². The summed E-state index contributed by atoms with van der Waals surface area (Å²) in [7, 11) is 1.62. The molecular formula is C20H22N4O2. The number of hydrogen-bond donors (Lipinski definition) is 2. The van der Waals surface area contributed by atoms with Gasteiger partial charge in [0.1, 0.15) is 11.6 Å². The van der Waals surface area contributed by atoms with Crippen molar-refractivity contribution in [1.29, 1.82) is 0 Å². The van der Waals surface area contributed by atoms with Crippen LogP contribution in [0.15, 0.2) is 48.5 Å². The minimum atomic E-state index is -0.691. The molecule has 0 saturated carbocycles. The maximum Gasteiger partial charge on any atom is 0.234 e. The predicted octanol–water partition coefficient (Wildman–Crippen LogP) is 3.71. The van der Waals surface area contributed by atoms with E-state index in [0.29, 0.717) is 11.5 Å². The maximum absolute atomic E-state index is 12.9. The summed E-state index contributed by atoms with van der Waals surface area (Å²) in [5, 5.41) is 9.97. The Morgan fingerprint density at radius 1 is 1.15 bits per heavy atom. The second kappa shape index (κ2) is 7.00. The molecule has 0 saturated heterocycles. The normalized spacial score (nSPS) is 11.2. The van der Waals surface area contributed by atoms with Crippen molar-refractivity contribution in [3.8, 4) is 17.1 Å². The molecule has 6 nitrogen and oxygen atoms in total. The molecule has 0 bridgehead atoms. The molecule has 0 aliphatic rings. The van der Waals surface area contributed by atoms with Crippen LogP contribution in [0.5, 0.6) is 5.75 Å². The Balaban J connectivity index is 1.80. The van der Waals surface area contributed by atoms with E-state index in [-0.39, 0.29) is 5.91 Å². The molecule has 3 aromatic rings. The number of ether oxygens (including phenoxy) is 1. The number of aromatic amines is 1. The first-order chi connectivity index (χ1) is 12.4. The van der Waals surface area contributed by atoms with Gasteiger partial charge >= 0.3 is 0 Å². The number of amides is 1. The van der Waals surface area contributed by atoms with Crippen LogP contribution < -0.4 is 10.1 Å². The van der Waals surface area contributed by atoms with Crippen LogP contribution in [0.3, 0.4) is 0 Å². The van der Waals surface area contributed by atoms with Gasteiger partial charge in [-0.05, 0) is 50.6 Å². The summed E-state index contributed by atoms with van der Waals surface area (Å²) in [6.45, 7) is 5.64. The Bertz CT molecular complexity index is 914. The molecule has 0 fully saturated rings. The van der Waals surface area contributed by atoms with Gasteiger partial charge in [0.25, 0.3) is 0 Å². The van der Waals surface area contributed by atoms with E-state index in [0.717, 1.165) is 22.7 Å². The molecule has 3 rings (SSSR count). The Hall–Kier alpha value is -3.15. The highest BCUT2D eigenvalue weighted by atomic mass is 16.5. The molecule has 0 unspecified atom stereocenters. The number of nitrogens with one attached hydrogen (secondary N) is 2. The maximum atomic E-state index is 12.9. The van der Waals surface area contributed by atoms with Crippen molar-refractivity contribution >= 4 is 11.6 Å². The summed E-state index contributed by atoms with van der Waals surface area (Å²) < 4.78 is 5.18. The number of nitrogens with zero attached hydrogens (tertiary/aromatic N) is 2. The lowest BCUT2D eigenvalue weighted by Crippen LogP contribution is -2.34. The van der Waals surface area contributed by atoms with Crippen LogP contribution in [0.1, 0.15) is 25.2 Å².